The third-order valence-corrected chi connectivity index (χ3v) is 7.79. The van der Waals surface area contributed by atoms with Crippen LogP contribution in [-0.4, -0.2) is 23.8 Å². The van der Waals surface area contributed by atoms with Gasteiger partial charge in [0, 0.05) is 22.8 Å². The van der Waals surface area contributed by atoms with Crippen LogP contribution < -0.4 is 4.74 Å². The van der Waals surface area contributed by atoms with Gasteiger partial charge in [0.05, 0.1) is 12.2 Å². The van der Waals surface area contributed by atoms with Gasteiger partial charge in [-0.05, 0) is 56.0 Å². The van der Waals surface area contributed by atoms with Crippen LogP contribution in [-0.2, 0) is 14.9 Å². The highest BCUT2D eigenvalue weighted by atomic mass is 16.5. The van der Waals surface area contributed by atoms with Crippen LogP contribution in [0.4, 0.5) is 0 Å². The molecule has 0 amide bonds. The van der Waals surface area contributed by atoms with E-state index in [1.807, 2.05) is 18.2 Å². The van der Waals surface area contributed by atoms with E-state index in [0.29, 0.717) is 5.75 Å². The Morgan fingerprint density at radius 1 is 1.05 bits per heavy atom. The smallest absolute Gasteiger partial charge is 0.341 e. The van der Waals surface area contributed by atoms with Gasteiger partial charge < -0.3 is 14.6 Å². The molecule has 1 heterocycles. The van der Waals surface area contributed by atoms with Crippen LogP contribution in [0.1, 0.15) is 74.0 Å². The fraction of sp³-hybridized carbons (Fsp3) is 0.364. The van der Waals surface area contributed by atoms with Crippen molar-refractivity contribution in [2.24, 2.45) is 5.92 Å². The van der Waals surface area contributed by atoms with Crippen molar-refractivity contribution in [3.8, 4) is 5.75 Å². The summed E-state index contributed by atoms with van der Waals surface area (Å²) >= 11 is 0. The molecule has 194 valence electrons. The molecule has 0 aromatic heterocycles. The zero-order valence-corrected chi connectivity index (χ0v) is 22.5. The molecule has 1 aliphatic heterocycles. The van der Waals surface area contributed by atoms with Crippen molar-refractivity contribution in [1.29, 1.82) is 0 Å². The molecule has 4 heteroatoms. The Hall–Kier alpha value is -3.37. The number of hydrogen-bond donors (Lipinski definition) is 1. The molecule has 1 N–H and O–H groups in total. The van der Waals surface area contributed by atoms with E-state index in [-0.39, 0.29) is 29.5 Å². The lowest BCUT2D eigenvalue weighted by Gasteiger charge is -2.42. The van der Waals surface area contributed by atoms with E-state index in [4.69, 9.17) is 9.47 Å². The SMILES string of the molecule is C=C(C)[C@@H]1C[C@H](c2cccc(C)c2)[C@H](C)O[C@@H]1c1cc(C(C)(C)c2ccccc2)ccc1OCC(=O)O. The van der Waals surface area contributed by atoms with E-state index in [9.17, 15) is 9.90 Å². The molecular weight excluding hydrogens is 460 g/mol. The first-order chi connectivity index (χ1) is 17.6. The lowest BCUT2D eigenvalue weighted by Crippen LogP contribution is -2.35. The van der Waals surface area contributed by atoms with E-state index in [1.165, 1.54) is 16.7 Å². The molecule has 4 atom stereocenters. The Morgan fingerprint density at radius 2 is 1.78 bits per heavy atom. The van der Waals surface area contributed by atoms with E-state index in [2.05, 4.69) is 95.8 Å². The molecule has 0 unspecified atom stereocenters. The Balaban J connectivity index is 1.77. The van der Waals surface area contributed by atoms with Crippen LogP contribution in [0.5, 0.6) is 5.75 Å². The maximum atomic E-state index is 11.4. The minimum atomic E-state index is -1.01. The number of aliphatic carboxylic acids is 1. The number of aryl methyl sites for hydroxylation is 1. The molecule has 1 fully saturated rings. The first-order valence-corrected chi connectivity index (χ1v) is 13.0. The summed E-state index contributed by atoms with van der Waals surface area (Å²) in [6.07, 6.45) is 0.583. The van der Waals surface area contributed by atoms with E-state index in [1.54, 1.807) is 0 Å². The summed E-state index contributed by atoms with van der Waals surface area (Å²) < 4.78 is 12.6. The number of carboxylic acid groups (broad SMARTS) is 1. The summed E-state index contributed by atoms with van der Waals surface area (Å²) in [5.41, 5.74) is 6.50. The molecule has 0 bridgehead atoms. The van der Waals surface area contributed by atoms with Crippen LogP contribution in [0.2, 0.25) is 0 Å². The number of carboxylic acids is 1. The van der Waals surface area contributed by atoms with Gasteiger partial charge in [0.15, 0.2) is 6.61 Å². The quantitative estimate of drug-likeness (QED) is 0.325. The topological polar surface area (TPSA) is 55.8 Å². The molecule has 3 aromatic carbocycles. The third-order valence-electron chi connectivity index (χ3n) is 7.79. The van der Waals surface area contributed by atoms with Gasteiger partial charge in [-0.1, -0.05) is 92.2 Å². The van der Waals surface area contributed by atoms with Gasteiger partial charge in [-0.15, -0.1) is 0 Å². The van der Waals surface area contributed by atoms with Crippen molar-refractivity contribution in [1.82, 2.24) is 0 Å². The van der Waals surface area contributed by atoms with Crippen LogP contribution in [0.3, 0.4) is 0 Å². The maximum Gasteiger partial charge on any atom is 0.341 e. The van der Waals surface area contributed by atoms with Crippen molar-refractivity contribution in [2.75, 3.05) is 6.61 Å². The van der Waals surface area contributed by atoms with Crippen molar-refractivity contribution in [3.63, 3.8) is 0 Å². The number of hydrogen-bond acceptors (Lipinski definition) is 3. The maximum absolute atomic E-state index is 11.4. The Bertz CT molecular complexity index is 1260. The molecule has 0 aliphatic carbocycles. The standard InChI is InChI=1S/C33H38O4/c1-21(2)27-19-28(24-12-10-11-22(3)17-24)23(4)37-32(27)29-18-26(15-16-30(29)36-20-31(34)35)33(5,6)25-13-8-7-9-14-25/h7-18,23,27-28,32H,1,19-20H2,2-6H3,(H,34,35)/t23-,27-,28-,32-/m0/s1. The second-order valence-electron chi connectivity index (χ2n) is 10.9. The van der Waals surface area contributed by atoms with Gasteiger partial charge in [0.1, 0.15) is 5.75 Å². The van der Waals surface area contributed by atoms with Gasteiger partial charge in [-0.2, -0.15) is 0 Å². The fourth-order valence-corrected chi connectivity index (χ4v) is 5.52. The fourth-order valence-electron chi connectivity index (χ4n) is 5.52. The predicted molar refractivity (Wildman–Crippen MR) is 148 cm³/mol. The van der Waals surface area contributed by atoms with Gasteiger partial charge in [0.2, 0.25) is 0 Å². The average Bonchev–Trinajstić information content (AvgIpc) is 2.87. The molecule has 3 aromatic rings. The summed E-state index contributed by atoms with van der Waals surface area (Å²) in [5, 5.41) is 9.30. The summed E-state index contributed by atoms with van der Waals surface area (Å²) in [6, 6.07) is 25.1. The molecule has 1 aliphatic rings. The number of carbonyl (C=O) groups is 1. The first kappa shape index (κ1) is 26.7. The van der Waals surface area contributed by atoms with Crippen molar-refractivity contribution >= 4 is 5.97 Å². The Kier molecular flexibility index (Phi) is 7.89. The van der Waals surface area contributed by atoms with E-state index < -0.39 is 12.6 Å². The number of rotatable bonds is 8. The van der Waals surface area contributed by atoms with Gasteiger partial charge in [0.25, 0.3) is 0 Å². The van der Waals surface area contributed by atoms with Gasteiger partial charge in [-0.3, -0.25) is 0 Å². The number of benzene rings is 3. The third kappa shape index (κ3) is 5.80. The molecule has 0 radical (unpaired) electrons. The molecule has 1 saturated heterocycles. The second kappa shape index (κ2) is 10.9. The van der Waals surface area contributed by atoms with Crippen LogP contribution >= 0.6 is 0 Å². The molecule has 4 rings (SSSR count). The van der Waals surface area contributed by atoms with Crippen LogP contribution in [0.15, 0.2) is 84.9 Å². The van der Waals surface area contributed by atoms with E-state index >= 15 is 0 Å². The molecular formula is C33H38O4. The highest BCUT2D eigenvalue weighted by Gasteiger charge is 2.39. The van der Waals surface area contributed by atoms with E-state index in [0.717, 1.165) is 23.1 Å². The second-order valence-corrected chi connectivity index (χ2v) is 10.9. The summed E-state index contributed by atoms with van der Waals surface area (Å²) in [5.74, 6) is -0.157. The molecule has 0 spiro atoms. The van der Waals surface area contributed by atoms with Crippen molar-refractivity contribution in [2.45, 2.75) is 64.6 Å². The summed E-state index contributed by atoms with van der Waals surface area (Å²) in [6.45, 7) is 14.6. The van der Waals surface area contributed by atoms with Gasteiger partial charge in [-0.25, -0.2) is 4.79 Å². The average molecular weight is 499 g/mol. The highest BCUT2D eigenvalue weighted by molar-refractivity contribution is 5.68. The predicted octanol–water partition coefficient (Wildman–Crippen LogP) is 7.61. The summed E-state index contributed by atoms with van der Waals surface area (Å²) in [7, 11) is 0. The number of ether oxygens (including phenoxy) is 2. The molecule has 0 saturated carbocycles. The van der Waals surface area contributed by atoms with Crippen LogP contribution in [0, 0.1) is 12.8 Å². The molecule has 37 heavy (non-hydrogen) atoms. The molecule has 4 nitrogen and oxygen atoms in total. The zero-order valence-electron chi connectivity index (χ0n) is 22.5. The minimum Gasteiger partial charge on any atom is -0.482 e. The van der Waals surface area contributed by atoms with Crippen molar-refractivity contribution in [3.05, 3.63) is 113 Å². The summed E-state index contributed by atoms with van der Waals surface area (Å²) in [4.78, 5) is 11.4. The van der Waals surface area contributed by atoms with Gasteiger partial charge >= 0.3 is 5.97 Å². The largest absolute Gasteiger partial charge is 0.482 e. The lowest BCUT2D eigenvalue weighted by molar-refractivity contribution is -0.139. The van der Waals surface area contributed by atoms with Crippen molar-refractivity contribution < 1.29 is 19.4 Å². The Morgan fingerprint density at radius 3 is 2.43 bits per heavy atom. The zero-order chi connectivity index (χ0) is 26.7. The first-order valence-electron chi connectivity index (χ1n) is 13.0. The van der Waals surface area contributed by atoms with Crippen LogP contribution in [0.25, 0.3) is 0 Å². The minimum absolute atomic E-state index is 0.0273. The lowest BCUT2D eigenvalue weighted by atomic mass is 9.74. The highest BCUT2D eigenvalue weighted by Crippen LogP contribution is 2.49. The normalized spacial score (nSPS) is 21.9. The monoisotopic (exact) mass is 498 g/mol. The Labute approximate surface area is 221 Å².